The molecule has 2 N–H and O–H groups in total. The fraction of sp³-hybridized carbons (Fsp3) is 0.188. The van der Waals surface area contributed by atoms with Crippen molar-refractivity contribution in [3.63, 3.8) is 0 Å². The normalized spacial score (nSPS) is 11.0. The summed E-state index contributed by atoms with van der Waals surface area (Å²) in [6, 6.07) is 12.2. The highest BCUT2D eigenvalue weighted by molar-refractivity contribution is 5.79. The number of aryl methyl sites for hydroxylation is 2. The SMILES string of the molecule is COc1ccc2nc(N)n(CCc3cccc(F)c3)c2c1. The van der Waals surface area contributed by atoms with Gasteiger partial charge in [0, 0.05) is 12.6 Å². The summed E-state index contributed by atoms with van der Waals surface area (Å²) in [6.45, 7) is 0.638. The van der Waals surface area contributed by atoms with E-state index in [1.165, 1.54) is 12.1 Å². The molecule has 0 atom stereocenters. The molecule has 1 heterocycles. The van der Waals surface area contributed by atoms with Crippen LogP contribution in [-0.2, 0) is 13.0 Å². The van der Waals surface area contributed by atoms with Gasteiger partial charge in [0.25, 0.3) is 0 Å². The van der Waals surface area contributed by atoms with Crippen molar-refractivity contribution in [1.29, 1.82) is 0 Å². The molecule has 0 aliphatic rings. The quantitative estimate of drug-likeness (QED) is 0.801. The number of fused-ring (bicyclic) bond motifs is 1. The minimum atomic E-state index is -0.224. The molecular weight excluding hydrogens is 269 g/mol. The van der Waals surface area contributed by atoms with E-state index in [0.717, 1.165) is 22.3 Å². The van der Waals surface area contributed by atoms with E-state index in [1.54, 1.807) is 13.2 Å². The number of benzene rings is 2. The molecule has 0 aliphatic carbocycles. The summed E-state index contributed by atoms with van der Waals surface area (Å²) in [5.74, 6) is 0.988. The average Bonchev–Trinajstić information content (AvgIpc) is 2.79. The Morgan fingerprint density at radius 3 is 2.86 bits per heavy atom. The molecule has 108 valence electrons. The van der Waals surface area contributed by atoms with Crippen LogP contribution in [0, 0.1) is 5.82 Å². The molecule has 0 unspecified atom stereocenters. The van der Waals surface area contributed by atoms with Crippen molar-refractivity contribution >= 4 is 17.0 Å². The molecule has 0 spiro atoms. The smallest absolute Gasteiger partial charge is 0.201 e. The lowest BCUT2D eigenvalue weighted by Crippen LogP contribution is -2.05. The van der Waals surface area contributed by atoms with E-state index in [2.05, 4.69) is 4.98 Å². The van der Waals surface area contributed by atoms with Crippen molar-refractivity contribution in [2.75, 3.05) is 12.8 Å². The molecule has 2 aromatic carbocycles. The summed E-state index contributed by atoms with van der Waals surface area (Å²) >= 11 is 0. The first-order valence-electron chi connectivity index (χ1n) is 6.71. The molecule has 1 aromatic heterocycles. The zero-order valence-electron chi connectivity index (χ0n) is 11.7. The summed E-state index contributed by atoms with van der Waals surface area (Å²) in [4.78, 5) is 4.33. The van der Waals surface area contributed by atoms with Crippen LogP contribution in [0.1, 0.15) is 5.56 Å². The Kier molecular flexibility index (Phi) is 3.48. The largest absolute Gasteiger partial charge is 0.497 e. The molecule has 5 heteroatoms. The predicted molar refractivity (Wildman–Crippen MR) is 80.8 cm³/mol. The Morgan fingerprint density at radius 2 is 2.10 bits per heavy atom. The van der Waals surface area contributed by atoms with Gasteiger partial charge in [0.05, 0.1) is 18.1 Å². The van der Waals surface area contributed by atoms with E-state index in [4.69, 9.17) is 10.5 Å². The fourth-order valence-corrected chi connectivity index (χ4v) is 2.42. The molecule has 0 amide bonds. The van der Waals surface area contributed by atoms with Gasteiger partial charge in [-0.3, -0.25) is 0 Å². The number of imidazole rings is 1. The van der Waals surface area contributed by atoms with E-state index in [9.17, 15) is 4.39 Å². The highest BCUT2D eigenvalue weighted by Crippen LogP contribution is 2.23. The standard InChI is InChI=1S/C16H16FN3O/c1-21-13-5-6-14-15(10-13)20(16(18)19-14)8-7-11-3-2-4-12(17)9-11/h2-6,9-10H,7-8H2,1H3,(H2,18,19). The summed E-state index contributed by atoms with van der Waals surface area (Å²) in [5.41, 5.74) is 8.65. The maximum absolute atomic E-state index is 13.2. The lowest BCUT2D eigenvalue weighted by molar-refractivity contribution is 0.415. The van der Waals surface area contributed by atoms with Crippen LogP contribution < -0.4 is 10.5 Å². The van der Waals surface area contributed by atoms with E-state index < -0.39 is 0 Å². The number of rotatable bonds is 4. The van der Waals surface area contributed by atoms with Crippen LogP contribution in [0.25, 0.3) is 11.0 Å². The average molecular weight is 285 g/mol. The molecule has 21 heavy (non-hydrogen) atoms. The van der Waals surface area contributed by atoms with Crippen molar-refractivity contribution in [2.24, 2.45) is 0 Å². The second kappa shape index (κ2) is 5.44. The first-order valence-corrected chi connectivity index (χ1v) is 6.71. The number of nitrogens with zero attached hydrogens (tertiary/aromatic N) is 2. The highest BCUT2D eigenvalue weighted by atomic mass is 19.1. The topological polar surface area (TPSA) is 53.1 Å². The fourth-order valence-electron chi connectivity index (χ4n) is 2.42. The van der Waals surface area contributed by atoms with Crippen molar-refractivity contribution in [1.82, 2.24) is 9.55 Å². The Hall–Kier alpha value is -2.56. The van der Waals surface area contributed by atoms with Gasteiger partial charge in [0.2, 0.25) is 5.95 Å². The van der Waals surface area contributed by atoms with Crippen LogP contribution >= 0.6 is 0 Å². The first-order chi connectivity index (χ1) is 10.2. The molecule has 0 radical (unpaired) electrons. The van der Waals surface area contributed by atoms with Crippen molar-refractivity contribution in [2.45, 2.75) is 13.0 Å². The van der Waals surface area contributed by atoms with E-state index in [0.29, 0.717) is 18.9 Å². The van der Waals surface area contributed by atoms with Crippen molar-refractivity contribution in [3.05, 3.63) is 53.8 Å². The summed E-state index contributed by atoms with van der Waals surface area (Å²) < 4.78 is 20.4. The maximum Gasteiger partial charge on any atom is 0.201 e. The second-order valence-electron chi connectivity index (χ2n) is 4.86. The molecule has 0 aliphatic heterocycles. The molecule has 3 rings (SSSR count). The summed E-state index contributed by atoms with van der Waals surface area (Å²) in [6.07, 6.45) is 0.685. The Balaban J connectivity index is 1.90. The van der Waals surface area contributed by atoms with Gasteiger partial charge < -0.3 is 15.0 Å². The van der Waals surface area contributed by atoms with Gasteiger partial charge in [-0.05, 0) is 36.2 Å². The van der Waals surface area contributed by atoms with Gasteiger partial charge in [-0.1, -0.05) is 12.1 Å². The maximum atomic E-state index is 13.2. The lowest BCUT2D eigenvalue weighted by atomic mass is 10.1. The van der Waals surface area contributed by atoms with Gasteiger partial charge in [-0.15, -0.1) is 0 Å². The number of aromatic nitrogens is 2. The van der Waals surface area contributed by atoms with E-state index in [-0.39, 0.29) is 5.82 Å². The van der Waals surface area contributed by atoms with Gasteiger partial charge in [-0.25, -0.2) is 9.37 Å². The third kappa shape index (κ3) is 2.67. The lowest BCUT2D eigenvalue weighted by Gasteiger charge is -2.07. The third-order valence-corrected chi connectivity index (χ3v) is 3.50. The third-order valence-electron chi connectivity index (χ3n) is 3.50. The number of methoxy groups -OCH3 is 1. The molecule has 0 fully saturated rings. The Bertz CT molecular complexity index is 782. The number of anilines is 1. The molecule has 3 aromatic rings. The van der Waals surface area contributed by atoms with Gasteiger partial charge >= 0.3 is 0 Å². The number of ether oxygens (including phenoxy) is 1. The van der Waals surface area contributed by atoms with Crippen molar-refractivity contribution < 1.29 is 9.13 Å². The monoisotopic (exact) mass is 285 g/mol. The van der Waals surface area contributed by atoms with Gasteiger partial charge in [0.15, 0.2) is 0 Å². The molecular formula is C16H16FN3O. The Labute approximate surface area is 122 Å². The van der Waals surface area contributed by atoms with Crippen LogP contribution in [-0.4, -0.2) is 16.7 Å². The zero-order valence-corrected chi connectivity index (χ0v) is 11.7. The molecule has 0 bridgehead atoms. The van der Waals surface area contributed by atoms with Crippen LogP contribution in [0.4, 0.5) is 10.3 Å². The first kappa shape index (κ1) is 13.4. The molecule has 0 saturated heterocycles. The van der Waals surface area contributed by atoms with Crippen LogP contribution in [0.3, 0.4) is 0 Å². The number of halogens is 1. The van der Waals surface area contributed by atoms with Crippen LogP contribution in [0.15, 0.2) is 42.5 Å². The number of hydrogen-bond donors (Lipinski definition) is 1. The van der Waals surface area contributed by atoms with E-state index >= 15 is 0 Å². The van der Waals surface area contributed by atoms with E-state index in [1.807, 2.05) is 28.8 Å². The summed E-state index contributed by atoms with van der Waals surface area (Å²) in [5, 5.41) is 0. The number of nitrogens with two attached hydrogens (primary N) is 1. The minimum Gasteiger partial charge on any atom is -0.497 e. The number of nitrogen functional groups attached to an aromatic ring is 1. The summed E-state index contributed by atoms with van der Waals surface area (Å²) in [7, 11) is 1.62. The van der Waals surface area contributed by atoms with Crippen LogP contribution in [0.2, 0.25) is 0 Å². The Morgan fingerprint density at radius 1 is 1.24 bits per heavy atom. The van der Waals surface area contributed by atoms with Gasteiger partial charge in [-0.2, -0.15) is 0 Å². The predicted octanol–water partition coefficient (Wildman–Crippen LogP) is 3.01. The molecule has 0 saturated carbocycles. The molecule has 4 nitrogen and oxygen atoms in total. The zero-order chi connectivity index (χ0) is 14.8. The van der Waals surface area contributed by atoms with Gasteiger partial charge in [0.1, 0.15) is 11.6 Å². The minimum absolute atomic E-state index is 0.224. The highest BCUT2D eigenvalue weighted by Gasteiger charge is 2.09. The number of hydrogen-bond acceptors (Lipinski definition) is 3. The van der Waals surface area contributed by atoms with Crippen LogP contribution in [0.5, 0.6) is 5.75 Å². The van der Waals surface area contributed by atoms with Crippen molar-refractivity contribution in [3.8, 4) is 5.75 Å². The second-order valence-corrected chi connectivity index (χ2v) is 4.86.